The first-order valence-corrected chi connectivity index (χ1v) is 9.17. The average Bonchev–Trinajstić information content (AvgIpc) is 2.49. The van der Waals surface area contributed by atoms with Gasteiger partial charge in [0.1, 0.15) is 0 Å². The second kappa shape index (κ2) is 6.84. The highest BCUT2D eigenvalue weighted by molar-refractivity contribution is 7.89. The third-order valence-electron chi connectivity index (χ3n) is 4.08. The predicted molar refractivity (Wildman–Crippen MR) is 90.7 cm³/mol. The van der Waals surface area contributed by atoms with Gasteiger partial charge in [-0.05, 0) is 51.0 Å². The molecule has 0 unspecified atom stereocenters. The quantitative estimate of drug-likeness (QED) is 0.794. The first-order chi connectivity index (χ1) is 10.7. The number of amides is 1. The van der Waals surface area contributed by atoms with Crippen LogP contribution in [0.3, 0.4) is 0 Å². The van der Waals surface area contributed by atoms with E-state index in [9.17, 15) is 13.2 Å². The fourth-order valence-electron chi connectivity index (χ4n) is 2.51. The molecule has 1 aliphatic rings. The predicted octanol–water partition coefficient (Wildman–Crippen LogP) is 2.10. The monoisotopic (exact) mass is 336 g/mol. The van der Waals surface area contributed by atoms with Crippen molar-refractivity contribution in [1.29, 1.82) is 0 Å². The zero-order chi connectivity index (χ0) is 17.2. The van der Waals surface area contributed by atoms with E-state index in [2.05, 4.69) is 0 Å². The summed E-state index contributed by atoms with van der Waals surface area (Å²) < 4.78 is 26.9. The maximum Gasteiger partial charge on any atom is 0.246 e. The average molecular weight is 336 g/mol. The maximum atomic E-state index is 12.7. The van der Waals surface area contributed by atoms with Crippen molar-refractivity contribution in [2.24, 2.45) is 0 Å². The standard InChI is InChI=1S/C17H24N2O3S/c1-13(2)11-17(20)18-7-9-19(10-8-18)23(21,22)16-6-5-14(3)15(4)12-16/h5-6,11-12H,7-10H2,1-4H3. The number of sulfonamides is 1. The molecule has 1 heterocycles. The Kier molecular flexibility index (Phi) is 5.26. The zero-order valence-electron chi connectivity index (χ0n) is 14.2. The zero-order valence-corrected chi connectivity index (χ0v) is 15.0. The SMILES string of the molecule is CC(C)=CC(=O)N1CCN(S(=O)(=O)c2ccc(C)c(C)c2)CC1. The van der Waals surface area contributed by atoms with Gasteiger partial charge in [-0.25, -0.2) is 8.42 Å². The van der Waals surface area contributed by atoms with Crippen molar-refractivity contribution in [3.8, 4) is 0 Å². The van der Waals surface area contributed by atoms with Gasteiger partial charge in [-0.1, -0.05) is 11.6 Å². The summed E-state index contributed by atoms with van der Waals surface area (Å²) in [5.74, 6) is -0.0479. The van der Waals surface area contributed by atoms with E-state index in [0.717, 1.165) is 16.7 Å². The first-order valence-electron chi connectivity index (χ1n) is 7.73. The largest absolute Gasteiger partial charge is 0.337 e. The van der Waals surface area contributed by atoms with Gasteiger partial charge in [-0.15, -0.1) is 0 Å². The molecule has 1 saturated heterocycles. The first kappa shape index (κ1) is 17.7. The van der Waals surface area contributed by atoms with Crippen LogP contribution in [0.1, 0.15) is 25.0 Å². The molecule has 23 heavy (non-hydrogen) atoms. The molecule has 0 radical (unpaired) electrons. The topological polar surface area (TPSA) is 57.7 Å². The van der Waals surface area contributed by atoms with Crippen molar-refractivity contribution in [2.75, 3.05) is 26.2 Å². The van der Waals surface area contributed by atoms with Crippen LogP contribution in [0, 0.1) is 13.8 Å². The highest BCUT2D eigenvalue weighted by Gasteiger charge is 2.29. The van der Waals surface area contributed by atoms with Crippen LogP contribution in [0.15, 0.2) is 34.7 Å². The van der Waals surface area contributed by atoms with E-state index in [0.29, 0.717) is 31.1 Å². The summed E-state index contributed by atoms with van der Waals surface area (Å²) in [5.41, 5.74) is 2.98. The number of hydrogen-bond acceptors (Lipinski definition) is 3. The molecule has 0 saturated carbocycles. The van der Waals surface area contributed by atoms with Crippen LogP contribution >= 0.6 is 0 Å². The molecule has 1 fully saturated rings. The molecule has 0 bridgehead atoms. The van der Waals surface area contributed by atoms with E-state index in [4.69, 9.17) is 0 Å². The molecular weight excluding hydrogens is 312 g/mol. The number of hydrogen-bond donors (Lipinski definition) is 0. The van der Waals surface area contributed by atoms with Crippen molar-refractivity contribution in [3.05, 3.63) is 41.0 Å². The molecule has 0 aromatic heterocycles. The fraction of sp³-hybridized carbons (Fsp3) is 0.471. The molecular formula is C17H24N2O3S. The Morgan fingerprint density at radius 3 is 2.17 bits per heavy atom. The number of rotatable bonds is 3. The Labute approximate surface area is 138 Å². The van der Waals surface area contributed by atoms with Crippen LogP contribution < -0.4 is 0 Å². The minimum absolute atomic E-state index is 0.0479. The highest BCUT2D eigenvalue weighted by Crippen LogP contribution is 2.20. The summed E-state index contributed by atoms with van der Waals surface area (Å²) in [4.78, 5) is 14.0. The van der Waals surface area contributed by atoms with E-state index in [1.54, 1.807) is 23.1 Å². The Hall–Kier alpha value is -1.66. The fourth-order valence-corrected chi connectivity index (χ4v) is 4.02. The molecule has 0 N–H and O–H groups in total. The van der Waals surface area contributed by atoms with E-state index < -0.39 is 10.0 Å². The molecule has 1 aliphatic heterocycles. The van der Waals surface area contributed by atoms with Gasteiger partial charge in [0.05, 0.1) is 4.90 Å². The molecule has 1 amide bonds. The second-order valence-electron chi connectivity index (χ2n) is 6.20. The summed E-state index contributed by atoms with van der Waals surface area (Å²) in [6, 6.07) is 5.20. The number of nitrogens with zero attached hydrogens (tertiary/aromatic N) is 2. The van der Waals surface area contributed by atoms with Crippen LogP contribution in [0.25, 0.3) is 0 Å². The van der Waals surface area contributed by atoms with Crippen molar-refractivity contribution < 1.29 is 13.2 Å². The van der Waals surface area contributed by atoms with Gasteiger partial charge in [0.2, 0.25) is 15.9 Å². The number of carbonyl (C=O) groups excluding carboxylic acids is 1. The molecule has 5 nitrogen and oxygen atoms in total. The van der Waals surface area contributed by atoms with Crippen LogP contribution in [0.4, 0.5) is 0 Å². The van der Waals surface area contributed by atoms with Crippen LogP contribution in [-0.2, 0) is 14.8 Å². The van der Waals surface area contributed by atoms with Crippen molar-refractivity contribution in [3.63, 3.8) is 0 Å². The van der Waals surface area contributed by atoms with E-state index >= 15 is 0 Å². The number of aryl methyl sites for hydroxylation is 2. The Morgan fingerprint density at radius 2 is 1.65 bits per heavy atom. The number of piperazine rings is 1. The van der Waals surface area contributed by atoms with Gasteiger partial charge in [-0.2, -0.15) is 4.31 Å². The van der Waals surface area contributed by atoms with Gasteiger partial charge in [0.25, 0.3) is 0 Å². The lowest BCUT2D eigenvalue weighted by Gasteiger charge is -2.33. The minimum atomic E-state index is -3.49. The summed E-state index contributed by atoms with van der Waals surface area (Å²) >= 11 is 0. The third kappa shape index (κ3) is 4.00. The molecule has 0 aliphatic carbocycles. The van der Waals surface area contributed by atoms with Crippen LogP contribution in [0.2, 0.25) is 0 Å². The Bertz CT molecular complexity index is 726. The normalized spacial score (nSPS) is 16.3. The highest BCUT2D eigenvalue weighted by atomic mass is 32.2. The van der Waals surface area contributed by atoms with Crippen molar-refractivity contribution >= 4 is 15.9 Å². The molecule has 6 heteroatoms. The van der Waals surface area contributed by atoms with E-state index in [-0.39, 0.29) is 5.91 Å². The van der Waals surface area contributed by atoms with Crippen molar-refractivity contribution in [2.45, 2.75) is 32.6 Å². The lowest BCUT2D eigenvalue weighted by Crippen LogP contribution is -2.50. The molecule has 1 aromatic carbocycles. The second-order valence-corrected chi connectivity index (χ2v) is 8.14. The van der Waals surface area contributed by atoms with E-state index in [1.165, 1.54) is 4.31 Å². The number of allylic oxidation sites excluding steroid dienone is 1. The Balaban J connectivity index is 2.11. The molecule has 126 valence electrons. The van der Waals surface area contributed by atoms with Crippen LogP contribution in [0.5, 0.6) is 0 Å². The minimum Gasteiger partial charge on any atom is -0.337 e. The molecule has 0 spiro atoms. The Morgan fingerprint density at radius 1 is 1.04 bits per heavy atom. The summed E-state index contributed by atoms with van der Waals surface area (Å²) in [7, 11) is -3.49. The smallest absolute Gasteiger partial charge is 0.246 e. The van der Waals surface area contributed by atoms with Gasteiger partial charge < -0.3 is 4.90 Å². The number of carbonyl (C=O) groups is 1. The van der Waals surface area contributed by atoms with Gasteiger partial charge in [0, 0.05) is 32.3 Å². The maximum absolute atomic E-state index is 12.7. The summed E-state index contributed by atoms with van der Waals surface area (Å²) in [6.07, 6.45) is 1.59. The van der Waals surface area contributed by atoms with Gasteiger partial charge in [0.15, 0.2) is 0 Å². The van der Waals surface area contributed by atoms with Gasteiger partial charge in [-0.3, -0.25) is 4.79 Å². The van der Waals surface area contributed by atoms with Crippen LogP contribution in [-0.4, -0.2) is 49.7 Å². The summed E-state index contributed by atoms with van der Waals surface area (Å²) in [6.45, 7) is 9.12. The third-order valence-corrected chi connectivity index (χ3v) is 5.97. The van der Waals surface area contributed by atoms with E-state index in [1.807, 2.05) is 33.8 Å². The summed E-state index contributed by atoms with van der Waals surface area (Å²) in [5, 5.41) is 0. The molecule has 0 atom stereocenters. The van der Waals surface area contributed by atoms with Crippen molar-refractivity contribution in [1.82, 2.24) is 9.21 Å². The number of benzene rings is 1. The van der Waals surface area contributed by atoms with Gasteiger partial charge >= 0.3 is 0 Å². The molecule has 1 aromatic rings. The lowest BCUT2D eigenvalue weighted by molar-refractivity contribution is -0.127. The lowest BCUT2D eigenvalue weighted by atomic mass is 10.1. The molecule has 2 rings (SSSR count).